The molecule has 9 heteroatoms. The molecule has 0 amide bonds. The smallest absolute Gasteiger partial charge is 0.196 e. The molecule has 2 N–H and O–H groups in total. The number of ether oxygens (including phenoxy) is 2. The second kappa shape index (κ2) is 15.5. The number of halogens is 1. The number of nitriles is 1. The summed E-state index contributed by atoms with van der Waals surface area (Å²) in [6.45, 7) is 6.60. The number of para-hydroxylation sites is 1. The van der Waals surface area contributed by atoms with Crippen LogP contribution in [0.15, 0.2) is 75.9 Å². The van der Waals surface area contributed by atoms with Crippen LogP contribution >= 0.6 is 12.4 Å². The highest BCUT2D eigenvalue weighted by Crippen LogP contribution is 2.40. The van der Waals surface area contributed by atoms with Gasteiger partial charge in [0, 0.05) is 11.1 Å². The number of hydrogen-bond acceptors (Lipinski definition) is 7. The fourth-order valence-corrected chi connectivity index (χ4v) is 5.56. The molecular formula is C35H41ClN2O6. The van der Waals surface area contributed by atoms with Gasteiger partial charge < -0.3 is 19.4 Å². The molecule has 0 aliphatic heterocycles. The number of carbonyl (C=O) groups is 1. The first-order valence-corrected chi connectivity index (χ1v) is 14.1. The minimum atomic E-state index is -0.727. The Kier molecular flexibility index (Phi) is 12.7. The van der Waals surface area contributed by atoms with E-state index in [0.29, 0.717) is 58.7 Å². The van der Waals surface area contributed by atoms with Crippen molar-refractivity contribution < 1.29 is 24.2 Å². The second-order valence-electron chi connectivity index (χ2n) is 11.0. The number of ketones is 1. The van der Waals surface area contributed by atoms with E-state index in [9.17, 15) is 14.9 Å². The predicted octanol–water partition coefficient (Wildman–Crippen LogP) is 6.40. The Morgan fingerprint density at radius 2 is 1.70 bits per heavy atom. The first-order valence-electron chi connectivity index (χ1n) is 14.1. The van der Waals surface area contributed by atoms with Gasteiger partial charge in [-0.2, -0.15) is 5.26 Å². The van der Waals surface area contributed by atoms with E-state index in [1.54, 1.807) is 39.3 Å². The lowest BCUT2D eigenvalue weighted by Gasteiger charge is -2.32. The van der Waals surface area contributed by atoms with Gasteiger partial charge >= 0.3 is 0 Å². The van der Waals surface area contributed by atoms with Gasteiger partial charge in [0.25, 0.3) is 0 Å². The molecule has 0 saturated carbocycles. The van der Waals surface area contributed by atoms with Crippen LogP contribution in [0.25, 0.3) is 22.3 Å². The van der Waals surface area contributed by atoms with Gasteiger partial charge in [0.2, 0.25) is 0 Å². The first kappa shape index (κ1) is 36.0. The Bertz CT molecular complexity index is 1680. The summed E-state index contributed by atoms with van der Waals surface area (Å²) in [4.78, 5) is 28.7. The molecule has 4 aromatic rings. The molecule has 234 valence electrons. The summed E-state index contributed by atoms with van der Waals surface area (Å²) in [6.07, 6.45) is 1.31. The van der Waals surface area contributed by atoms with Gasteiger partial charge in [0.15, 0.2) is 22.7 Å². The van der Waals surface area contributed by atoms with E-state index in [2.05, 4.69) is 6.07 Å². The molecule has 1 aromatic heterocycles. The van der Waals surface area contributed by atoms with Crippen molar-refractivity contribution in [2.45, 2.75) is 39.0 Å². The number of hydrogen-bond donors (Lipinski definition) is 0. The zero-order valence-electron chi connectivity index (χ0n) is 26.1. The average Bonchev–Trinajstić information content (AvgIpc) is 3.00. The Balaban J connectivity index is 0.00000337. The van der Waals surface area contributed by atoms with Crippen molar-refractivity contribution in [3.63, 3.8) is 0 Å². The van der Waals surface area contributed by atoms with E-state index in [4.69, 9.17) is 13.9 Å². The van der Waals surface area contributed by atoms with Gasteiger partial charge in [-0.25, -0.2) is 0 Å². The zero-order chi connectivity index (χ0) is 30.4. The Hall–Kier alpha value is -4.16. The molecule has 8 nitrogen and oxygen atoms in total. The molecule has 44 heavy (non-hydrogen) atoms. The summed E-state index contributed by atoms with van der Waals surface area (Å²) in [5, 5.41) is 10.8. The molecule has 3 aromatic carbocycles. The minimum absolute atomic E-state index is 0. The third kappa shape index (κ3) is 7.13. The van der Waals surface area contributed by atoms with Crippen molar-refractivity contribution in [2.24, 2.45) is 5.92 Å². The van der Waals surface area contributed by atoms with Gasteiger partial charge in [-0.05, 0) is 69.1 Å². The summed E-state index contributed by atoms with van der Waals surface area (Å²) in [5.74, 6) is 1.59. The molecule has 0 saturated heterocycles. The van der Waals surface area contributed by atoms with Crippen molar-refractivity contribution >= 4 is 29.2 Å². The number of Topliss-reactive ketones (excluding diaryl/α,β-unsaturated/α-hetero) is 1. The van der Waals surface area contributed by atoms with Crippen LogP contribution in [0.3, 0.4) is 0 Å². The molecular weight excluding hydrogens is 580 g/mol. The Morgan fingerprint density at radius 1 is 1.02 bits per heavy atom. The highest BCUT2D eigenvalue weighted by molar-refractivity contribution is 6.07. The minimum Gasteiger partial charge on any atom is -0.493 e. The second-order valence-corrected chi connectivity index (χ2v) is 11.0. The van der Waals surface area contributed by atoms with E-state index in [1.165, 1.54) is 0 Å². The molecule has 0 aliphatic rings. The van der Waals surface area contributed by atoms with Crippen LogP contribution in [0, 0.1) is 24.2 Å². The SMILES string of the molecule is COc1ccc(C(C#N)(CCCN(C)CC(=O)c2cccc3c(=O)c(C)c(-c4ccccc4)oc23)C(C)C)cc1OC.Cl.O. The van der Waals surface area contributed by atoms with Crippen LogP contribution in [-0.4, -0.2) is 50.5 Å². The van der Waals surface area contributed by atoms with Crippen LogP contribution in [0.4, 0.5) is 0 Å². The van der Waals surface area contributed by atoms with Crippen LogP contribution in [0.2, 0.25) is 0 Å². The molecule has 4 rings (SSSR count). The lowest BCUT2D eigenvalue weighted by atomic mass is 9.69. The largest absolute Gasteiger partial charge is 0.493 e. The van der Waals surface area contributed by atoms with Crippen LogP contribution in [-0.2, 0) is 5.41 Å². The normalized spacial score (nSPS) is 12.2. The average molecular weight is 621 g/mol. The lowest BCUT2D eigenvalue weighted by molar-refractivity contribution is 0.0945. The van der Waals surface area contributed by atoms with E-state index in [1.807, 2.05) is 74.3 Å². The number of rotatable bonds is 12. The third-order valence-electron chi connectivity index (χ3n) is 8.09. The maximum Gasteiger partial charge on any atom is 0.196 e. The van der Waals surface area contributed by atoms with Crippen molar-refractivity contribution in [3.05, 3.63) is 93.6 Å². The Morgan fingerprint density at radius 3 is 2.32 bits per heavy atom. The number of likely N-dealkylation sites (N-methyl/N-ethyl adjacent to an activating group) is 1. The van der Waals surface area contributed by atoms with E-state index >= 15 is 0 Å². The van der Waals surface area contributed by atoms with Crippen LogP contribution in [0.5, 0.6) is 11.5 Å². The maximum atomic E-state index is 13.5. The molecule has 1 unspecified atom stereocenters. The summed E-state index contributed by atoms with van der Waals surface area (Å²) >= 11 is 0. The molecule has 0 bridgehead atoms. The Labute approximate surface area is 264 Å². The quantitative estimate of drug-likeness (QED) is 0.168. The van der Waals surface area contributed by atoms with Crippen molar-refractivity contribution in [1.29, 1.82) is 5.26 Å². The monoisotopic (exact) mass is 620 g/mol. The summed E-state index contributed by atoms with van der Waals surface area (Å²) in [7, 11) is 5.06. The van der Waals surface area contributed by atoms with Gasteiger partial charge in [-0.1, -0.05) is 56.3 Å². The molecule has 0 aliphatic carbocycles. The predicted molar refractivity (Wildman–Crippen MR) is 176 cm³/mol. The van der Waals surface area contributed by atoms with E-state index in [-0.39, 0.29) is 41.6 Å². The van der Waals surface area contributed by atoms with Crippen LogP contribution in [0.1, 0.15) is 48.2 Å². The van der Waals surface area contributed by atoms with E-state index in [0.717, 1.165) is 11.1 Å². The fraction of sp³-hybridized carbons (Fsp3) is 0.343. The summed E-state index contributed by atoms with van der Waals surface area (Å²) < 4.78 is 17.1. The lowest BCUT2D eigenvalue weighted by Crippen LogP contribution is -2.33. The van der Waals surface area contributed by atoms with Crippen molar-refractivity contribution in [3.8, 4) is 28.9 Å². The standard InChI is InChI=1S/C35H38N2O5.ClH.H2O/c1-23(2)35(22-36,26-16-17-30(40-5)31(20-26)41-6)18-11-19-37(4)21-29(38)27-14-10-15-28-32(39)24(3)33(42-34(27)28)25-12-8-7-9-13-25;;/h7-10,12-17,20,23H,11,18-19,21H2,1-6H3;1H;1H2. The van der Waals surface area contributed by atoms with Gasteiger partial charge in [-0.15, -0.1) is 12.4 Å². The molecule has 0 spiro atoms. The van der Waals surface area contributed by atoms with Crippen LogP contribution < -0.4 is 14.9 Å². The summed E-state index contributed by atoms with van der Waals surface area (Å²) in [5.41, 5.74) is 2.00. The number of nitrogens with zero attached hydrogens (tertiary/aromatic N) is 2. The topological polar surface area (TPSA) is 124 Å². The van der Waals surface area contributed by atoms with Gasteiger partial charge in [-0.3, -0.25) is 14.5 Å². The number of carbonyl (C=O) groups excluding carboxylic acids is 1. The fourth-order valence-electron chi connectivity index (χ4n) is 5.56. The molecule has 0 fully saturated rings. The highest BCUT2D eigenvalue weighted by atomic mass is 35.5. The maximum absolute atomic E-state index is 13.5. The number of fused-ring (bicyclic) bond motifs is 1. The van der Waals surface area contributed by atoms with Crippen molar-refractivity contribution in [2.75, 3.05) is 34.4 Å². The van der Waals surface area contributed by atoms with Gasteiger partial charge in [0.1, 0.15) is 11.3 Å². The zero-order valence-corrected chi connectivity index (χ0v) is 26.9. The first-order chi connectivity index (χ1) is 20.2. The highest BCUT2D eigenvalue weighted by Gasteiger charge is 2.36. The molecule has 1 atom stereocenters. The number of methoxy groups -OCH3 is 2. The van der Waals surface area contributed by atoms with E-state index < -0.39 is 5.41 Å². The van der Waals surface area contributed by atoms with Gasteiger partial charge in [0.05, 0.1) is 43.2 Å². The number of benzene rings is 3. The third-order valence-corrected chi connectivity index (χ3v) is 8.09. The molecule has 1 heterocycles. The van der Waals surface area contributed by atoms with Crippen molar-refractivity contribution in [1.82, 2.24) is 4.90 Å². The summed E-state index contributed by atoms with van der Waals surface area (Å²) in [6, 6.07) is 22.8. The molecule has 0 radical (unpaired) electrons.